The molecule has 0 atom stereocenters. The average Bonchev–Trinajstić information content (AvgIpc) is 4.17. The van der Waals surface area contributed by atoms with E-state index in [-0.39, 0.29) is 33.6 Å². The fourth-order valence-corrected chi connectivity index (χ4v) is 11.1. The summed E-state index contributed by atoms with van der Waals surface area (Å²) in [5.41, 5.74) is 7.37. The number of rotatable bonds is 5. The SMILES string of the molecule is [2H]c1c([2H])c([2H])c2c(c1[2H])c1c([2H])c([2H])c([2H])c([2H])c1n2-c1cc(-c2c(-c3cccc4c3sc3ccccc34)cccc2-n2c3ccccc3c3ccccc32)nc(-n2c3ccccc3c3ccccc32)n1. The van der Waals surface area contributed by atoms with Gasteiger partial charge in [-0.05, 0) is 54.0 Å². The van der Waals surface area contributed by atoms with Gasteiger partial charge in [-0.2, -0.15) is 4.98 Å². The lowest BCUT2D eigenvalue weighted by atomic mass is 9.94. The second-order valence-corrected chi connectivity index (χ2v) is 17.0. The zero-order valence-electron chi connectivity index (χ0n) is 41.7. The van der Waals surface area contributed by atoms with Crippen LogP contribution in [0.2, 0.25) is 0 Å². The van der Waals surface area contributed by atoms with Crippen molar-refractivity contribution in [1.82, 2.24) is 23.7 Å². The maximum atomic E-state index is 9.50. The van der Waals surface area contributed by atoms with Crippen LogP contribution in [-0.2, 0) is 0 Å². The predicted molar refractivity (Wildman–Crippen MR) is 269 cm³/mol. The zero-order valence-corrected chi connectivity index (χ0v) is 34.5. The van der Waals surface area contributed by atoms with Gasteiger partial charge in [-0.15, -0.1) is 11.3 Å². The number of fused-ring (bicyclic) bond motifs is 12. The molecule has 14 aromatic rings. The number of hydrogen-bond donors (Lipinski definition) is 0. The van der Waals surface area contributed by atoms with Crippen molar-refractivity contribution in [3.8, 4) is 39.8 Å². The van der Waals surface area contributed by atoms with Crippen LogP contribution >= 0.6 is 11.3 Å². The molecule has 0 N–H and O–H groups in total. The lowest BCUT2D eigenvalue weighted by molar-refractivity contribution is 0.951. The van der Waals surface area contributed by atoms with Crippen molar-refractivity contribution in [3.63, 3.8) is 0 Å². The van der Waals surface area contributed by atoms with Crippen molar-refractivity contribution in [2.75, 3.05) is 0 Å². The highest BCUT2D eigenvalue weighted by Gasteiger charge is 2.25. The molecule has 298 valence electrons. The first-order chi connectivity index (χ1) is 35.1. The highest BCUT2D eigenvalue weighted by Crippen LogP contribution is 2.46. The maximum absolute atomic E-state index is 9.50. The second-order valence-electron chi connectivity index (χ2n) is 15.9. The van der Waals surface area contributed by atoms with E-state index in [4.69, 9.17) is 15.5 Å². The molecule has 0 saturated heterocycles. The zero-order chi connectivity index (χ0) is 48.8. The Labute approximate surface area is 382 Å². The van der Waals surface area contributed by atoms with Gasteiger partial charge in [0.15, 0.2) is 0 Å². The van der Waals surface area contributed by atoms with Crippen LogP contribution in [0.4, 0.5) is 0 Å². The third-order valence-corrected chi connectivity index (χ3v) is 13.8. The Morgan fingerprint density at radius 2 is 0.891 bits per heavy atom. The largest absolute Gasteiger partial charge is 0.309 e. The first kappa shape index (κ1) is 28.3. The van der Waals surface area contributed by atoms with Gasteiger partial charge in [-0.25, -0.2) is 4.98 Å². The summed E-state index contributed by atoms with van der Waals surface area (Å²) < 4.78 is 81.0. The molecule has 0 fully saturated rings. The summed E-state index contributed by atoms with van der Waals surface area (Å²) >= 11 is 1.72. The third kappa shape index (κ3) is 5.00. The molecule has 0 amide bonds. The first-order valence-corrected chi connectivity index (χ1v) is 21.8. The van der Waals surface area contributed by atoms with Crippen LogP contribution in [0.3, 0.4) is 0 Å². The molecule has 5 heterocycles. The molecular weight excluding hydrogens is 799 g/mol. The van der Waals surface area contributed by atoms with Crippen molar-refractivity contribution >= 4 is 96.9 Å². The number of hydrogen-bond acceptors (Lipinski definition) is 3. The number of aromatic nitrogens is 5. The summed E-state index contributed by atoms with van der Waals surface area (Å²) in [6.07, 6.45) is 0. The second kappa shape index (κ2) is 13.6. The molecule has 0 aliphatic carbocycles. The van der Waals surface area contributed by atoms with Gasteiger partial charge >= 0.3 is 0 Å². The minimum atomic E-state index is -0.520. The predicted octanol–water partition coefficient (Wildman–Crippen LogP) is 15.5. The maximum Gasteiger partial charge on any atom is 0.237 e. The Kier molecular flexibility index (Phi) is 6.01. The van der Waals surface area contributed by atoms with Gasteiger partial charge in [0.25, 0.3) is 0 Å². The van der Waals surface area contributed by atoms with E-state index in [0.717, 1.165) is 86.2 Å². The van der Waals surface area contributed by atoms with E-state index < -0.39 is 48.3 Å². The van der Waals surface area contributed by atoms with Gasteiger partial charge in [0, 0.05) is 69.7 Å². The minimum absolute atomic E-state index is 0.0354. The molecule has 14 rings (SSSR count). The third-order valence-electron chi connectivity index (χ3n) is 12.6. The van der Waals surface area contributed by atoms with E-state index in [1.54, 1.807) is 17.4 Å². The Hall–Kier alpha value is -8.32. The van der Waals surface area contributed by atoms with Crippen LogP contribution in [-0.4, -0.2) is 23.7 Å². The number of thiophene rings is 1. The van der Waals surface area contributed by atoms with Gasteiger partial charge in [0.2, 0.25) is 5.95 Å². The Morgan fingerprint density at radius 1 is 0.391 bits per heavy atom. The lowest BCUT2D eigenvalue weighted by Crippen LogP contribution is -2.09. The molecule has 0 radical (unpaired) electrons. The number of benzene rings is 9. The summed E-state index contributed by atoms with van der Waals surface area (Å²) in [5.74, 6) is 0.370. The topological polar surface area (TPSA) is 40.6 Å². The lowest BCUT2D eigenvalue weighted by Gasteiger charge is -2.20. The standard InChI is InChI=1S/C58H35N5S/c1-8-27-47-36(17-1)37-18-2-9-28-48(37)61(47)53-33-16-24-43(45-26-15-25-44-42-23-7-14-34-54(42)64-57(44)45)56(53)46-35-55(62-49-29-10-3-19-38(49)39-20-4-11-30-50(39)62)60-58(59-46)63-51-31-12-5-21-40(51)41-22-6-13-32-52(41)63/h1-35H/i3D,4D,10D,11D,19D,20D,29D,30D. The Balaban J connectivity index is 1.21. The quantitative estimate of drug-likeness (QED) is 0.173. The van der Waals surface area contributed by atoms with E-state index in [9.17, 15) is 5.48 Å². The van der Waals surface area contributed by atoms with E-state index in [1.165, 1.54) is 4.57 Å². The van der Waals surface area contributed by atoms with Gasteiger partial charge in [0.05, 0.1) is 55.4 Å². The van der Waals surface area contributed by atoms with Gasteiger partial charge < -0.3 is 4.57 Å². The molecular formula is C58H35N5S. The van der Waals surface area contributed by atoms with Crippen molar-refractivity contribution < 1.29 is 11.0 Å². The molecule has 0 aliphatic rings. The van der Waals surface area contributed by atoms with Crippen LogP contribution in [0.25, 0.3) is 125 Å². The summed E-state index contributed by atoms with van der Waals surface area (Å²) in [6, 6.07) is 51.8. The van der Waals surface area contributed by atoms with Crippen molar-refractivity contribution in [1.29, 1.82) is 0 Å². The molecule has 5 aromatic heterocycles. The van der Waals surface area contributed by atoms with Crippen molar-refractivity contribution in [2.24, 2.45) is 0 Å². The fraction of sp³-hybridized carbons (Fsp3) is 0. The van der Waals surface area contributed by atoms with Crippen LogP contribution < -0.4 is 0 Å². The summed E-state index contributed by atoms with van der Waals surface area (Å²) in [5, 5.41) is 6.26. The molecule has 64 heavy (non-hydrogen) atoms. The van der Waals surface area contributed by atoms with E-state index >= 15 is 0 Å². The van der Waals surface area contributed by atoms with E-state index in [1.807, 2.05) is 65.2 Å². The fourth-order valence-electron chi connectivity index (χ4n) is 9.91. The van der Waals surface area contributed by atoms with Crippen LogP contribution in [0, 0.1) is 0 Å². The van der Waals surface area contributed by atoms with Crippen molar-refractivity contribution in [2.45, 2.75) is 0 Å². The highest BCUT2D eigenvalue weighted by atomic mass is 32.1. The van der Waals surface area contributed by atoms with E-state index in [0.29, 0.717) is 5.69 Å². The average molecular weight is 842 g/mol. The molecule has 6 heteroatoms. The molecule has 0 bridgehead atoms. The normalized spacial score (nSPS) is 13.8. The van der Waals surface area contributed by atoms with Crippen LogP contribution in [0.1, 0.15) is 11.0 Å². The van der Waals surface area contributed by atoms with Gasteiger partial charge in [-0.1, -0.05) is 158 Å². The molecule has 0 saturated carbocycles. The Bertz CT molecular complexity index is 4520. The molecule has 0 spiro atoms. The van der Waals surface area contributed by atoms with Crippen LogP contribution in [0.15, 0.2) is 212 Å². The summed E-state index contributed by atoms with van der Waals surface area (Å²) in [4.78, 5) is 11.0. The summed E-state index contributed by atoms with van der Waals surface area (Å²) in [6.45, 7) is 0. The monoisotopic (exact) mass is 841 g/mol. The smallest absolute Gasteiger partial charge is 0.237 e. The van der Waals surface area contributed by atoms with Gasteiger partial charge in [0.1, 0.15) is 5.82 Å². The number of nitrogens with zero attached hydrogens (tertiary/aromatic N) is 5. The first-order valence-electron chi connectivity index (χ1n) is 25.0. The van der Waals surface area contributed by atoms with Crippen LogP contribution in [0.5, 0.6) is 0 Å². The molecule has 0 unspecified atom stereocenters. The molecule has 5 nitrogen and oxygen atoms in total. The molecule has 0 aliphatic heterocycles. The summed E-state index contributed by atoms with van der Waals surface area (Å²) in [7, 11) is 0. The van der Waals surface area contributed by atoms with E-state index in [2.05, 4.69) is 102 Å². The minimum Gasteiger partial charge on any atom is -0.309 e. The molecule has 9 aromatic carbocycles. The number of para-hydroxylation sites is 6. The van der Waals surface area contributed by atoms with Crippen molar-refractivity contribution in [3.05, 3.63) is 212 Å². The van der Waals surface area contributed by atoms with Gasteiger partial charge in [-0.3, -0.25) is 9.13 Å². The highest BCUT2D eigenvalue weighted by molar-refractivity contribution is 7.26. The Morgan fingerprint density at radius 3 is 1.52 bits per heavy atom.